The molecule has 1 aromatic heterocycles. The number of hydrogen-bond donors (Lipinski definition) is 3. The number of sulfonamides is 1. The summed E-state index contributed by atoms with van der Waals surface area (Å²) in [6.07, 6.45) is 0. The number of halogens is 2. The van der Waals surface area contributed by atoms with Crippen LogP contribution in [0.3, 0.4) is 0 Å². The van der Waals surface area contributed by atoms with Crippen LogP contribution in [0, 0.1) is 19.7 Å². The molecule has 7 nitrogen and oxygen atoms in total. The molecule has 0 saturated carbocycles. The standard InChI is InChI=1S/C13H14ClFN4O3S/c1-7-13(8(2)19-18-7)23(21,22)16-6-12(20)17-9-3-4-11(15)10(14)5-9/h3-5,16H,6H2,1-2H3,(H,17,20)(H,18,19). The molecule has 0 saturated heterocycles. The summed E-state index contributed by atoms with van der Waals surface area (Å²) in [5.74, 6) is -1.23. The summed E-state index contributed by atoms with van der Waals surface area (Å²) in [7, 11) is -3.87. The van der Waals surface area contributed by atoms with Gasteiger partial charge in [-0.2, -0.15) is 5.10 Å². The Morgan fingerprint density at radius 1 is 1.39 bits per heavy atom. The summed E-state index contributed by atoms with van der Waals surface area (Å²) in [6.45, 7) is 2.62. The van der Waals surface area contributed by atoms with E-state index in [1.807, 2.05) is 0 Å². The van der Waals surface area contributed by atoms with Gasteiger partial charge in [0.2, 0.25) is 15.9 Å². The summed E-state index contributed by atoms with van der Waals surface area (Å²) in [4.78, 5) is 11.8. The molecule has 1 amide bonds. The Morgan fingerprint density at radius 3 is 2.65 bits per heavy atom. The number of rotatable bonds is 5. The van der Waals surface area contributed by atoms with E-state index in [1.165, 1.54) is 12.1 Å². The average Bonchev–Trinajstić information content (AvgIpc) is 2.81. The minimum atomic E-state index is -3.87. The number of nitrogens with zero attached hydrogens (tertiary/aromatic N) is 1. The Kier molecular flexibility index (Phi) is 5.03. The third kappa shape index (κ3) is 4.06. The lowest BCUT2D eigenvalue weighted by Crippen LogP contribution is -2.33. The molecule has 0 unspecified atom stereocenters. The fourth-order valence-corrected chi connectivity index (χ4v) is 3.48. The van der Waals surface area contributed by atoms with E-state index in [0.717, 1.165) is 6.07 Å². The van der Waals surface area contributed by atoms with Gasteiger partial charge in [0, 0.05) is 5.69 Å². The first-order chi connectivity index (χ1) is 10.7. The predicted molar refractivity (Wildman–Crippen MR) is 83.3 cm³/mol. The highest BCUT2D eigenvalue weighted by atomic mass is 35.5. The molecule has 0 atom stereocenters. The minimum Gasteiger partial charge on any atom is -0.325 e. The van der Waals surface area contributed by atoms with Crippen molar-refractivity contribution < 1.29 is 17.6 Å². The van der Waals surface area contributed by atoms with Crippen molar-refractivity contribution in [1.29, 1.82) is 0 Å². The molecule has 0 aliphatic heterocycles. The lowest BCUT2D eigenvalue weighted by Gasteiger charge is -2.08. The van der Waals surface area contributed by atoms with E-state index in [-0.39, 0.29) is 15.6 Å². The number of carbonyl (C=O) groups is 1. The van der Waals surface area contributed by atoms with E-state index < -0.39 is 28.3 Å². The quantitative estimate of drug-likeness (QED) is 0.755. The molecule has 0 bridgehead atoms. The van der Waals surface area contributed by atoms with Crippen LogP contribution in [0.5, 0.6) is 0 Å². The highest BCUT2D eigenvalue weighted by Crippen LogP contribution is 2.19. The molecule has 2 aromatic rings. The summed E-state index contributed by atoms with van der Waals surface area (Å²) >= 11 is 5.60. The Hall–Kier alpha value is -1.97. The van der Waals surface area contributed by atoms with Gasteiger partial charge in [0.15, 0.2) is 0 Å². The second-order valence-electron chi connectivity index (χ2n) is 4.76. The lowest BCUT2D eigenvalue weighted by molar-refractivity contribution is -0.115. The molecule has 2 rings (SSSR count). The molecule has 3 N–H and O–H groups in total. The number of anilines is 1. The van der Waals surface area contributed by atoms with E-state index >= 15 is 0 Å². The normalized spacial score (nSPS) is 11.5. The van der Waals surface area contributed by atoms with Crippen LogP contribution in [0.1, 0.15) is 11.4 Å². The van der Waals surface area contributed by atoms with Crippen LogP contribution in [0.15, 0.2) is 23.1 Å². The molecule has 124 valence electrons. The van der Waals surface area contributed by atoms with Crippen molar-refractivity contribution in [1.82, 2.24) is 14.9 Å². The SMILES string of the molecule is Cc1n[nH]c(C)c1S(=O)(=O)NCC(=O)Nc1ccc(F)c(Cl)c1. The monoisotopic (exact) mass is 360 g/mol. The first-order valence-corrected chi connectivity index (χ1v) is 8.33. The maximum Gasteiger partial charge on any atom is 0.244 e. The summed E-state index contributed by atoms with van der Waals surface area (Å²) in [5, 5.41) is 8.63. The zero-order valence-corrected chi connectivity index (χ0v) is 13.8. The zero-order chi connectivity index (χ0) is 17.2. The third-order valence-corrected chi connectivity index (χ3v) is 4.91. The number of hydrogen-bond acceptors (Lipinski definition) is 4. The number of carbonyl (C=O) groups excluding carboxylic acids is 1. The Morgan fingerprint density at radius 2 is 2.09 bits per heavy atom. The molecule has 1 heterocycles. The number of nitrogens with one attached hydrogen (secondary N) is 3. The van der Waals surface area contributed by atoms with E-state index in [9.17, 15) is 17.6 Å². The number of benzene rings is 1. The molecule has 0 aliphatic carbocycles. The molecule has 10 heteroatoms. The molecule has 0 radical (unpaired) electrons. The fraction of sp³-hybridized carbons (Fsp3) is 0.231. The van der Waals surface area contributed by atoms with E-state index in [2.05, 4.69) is 20.2 Å². The van der Waals surface area contributed by atoms with Gasteiger partial charge < -0.3 is 5.32 Å². The van der Waals surface area contributed by atoms with Gasteiger partial charge in [-0.1, -0.05) is 11.6 Å². The molecule has 0 aliphatic rings. The third-order valence-electron chi connectivity index (χ3n) is 2.96. The van der Waals surface area contributed by atoms with Crippen molar-refractivity contribution in [3.05, 3.63) is 40.4 Å². The predicted octanol–water partition coefficient (Wildman–Crippen LogP) is 1.74. The number of H-pyrrole nitrogens is 1. The van der Waals surface area contributed by atoms with Crippen LogP contribution in [0.2, 0.25) is 5.02 Å². The number of aromatic nitrogens is 2. The Bertz CT molecular complexity index is 831. The van der Waals surface area contributed by atoms with Crippen molar-refractivity contribution in [2.45, 2.75) is 18.7 Å². The summed E-state index contributed by atoms with van der Waals surface area (Å²) in [6, 6.07) is 3.64. The van der Waals surface area contributed by atoms with E-state index in [0.29, 0.717) is 11.4 Å². The van der Waals surface area contributed by atoms with Gasteiger partial charge in [0.05, 0.1) is 23.0 Å². The summed E-state index contributed by atoms with van der Waals surface area (Å²) < 4.78 is 39.5. The van der Waals surface area contributed by atoms with Gasteiger partial charge in [-0.3, -0.25) is 9.89 Å². The van der Waals surface area contributed by atoms with Crippen molar-refractivity contribution in [2.75, 3.05) is 11.9 Å². The van der Waals surface area contributed by atoms with Crippen molar-refractivity contribution >= 4 is 33.2 Å². The number of aromatic amines is 1. The average molecular weight is 361 g/mol. The van der Waals surface area contributed by atoms with Gasteiger partial charge >= 0.3 is 0 Å². The Labute approximate surface area is 137 Å². The first-order valence-electron chi connectivity index (χ1n) is 6.47. The van der Waals surface area contributed by atoms with E-state index in [4.69, 9.17) is 11.6 Å². The maximum absolute atomic E-state index is 13.0. The van der Waals surface area contributed by atoms with E-state index in [1.54, 1.807) is 13.8 Å². The van der Waals surface area contributed by atoms with Crippen LogP contribution in [-0.4, -0.2) is 31.1 Å². The largest absolute Gasteiger partial charge is 0.325 e. The van der Waals surface area contributed by atoms with Crippen molar-refractivity contribution in [3.8, 4) is 0 Å². The molecule has 0 spiro atoms. The van der Waals surface area contributed by atoms with Crippen LogP contribution in [0.25, 0.3) is 0 Å². The van der Waals surface area contributed by atoms with Crippen molar-refractivity contribution in [2.24, 2.45) is 0 Å². The van der Waals surface area contributed by atoms with Crippen molar-refractivity contribution in [3.63, 3.8) is 0 Å². The molecule has 23 heavy (non-hydrogen) atoms. The second-order valence-corrected chi connectivity index (χ2v) is 6.88. The lowest BCUT2D eigenvalue weighted by atomic mass is 10.3. The van der Waals surface area contributed by atoms with Crippen LogP contribution in [0.4, 0.5) is 10.1 Å². The zero-order valence-electron chi connectivity index (χ0n) is 12.3. The van der Waals surface area contributed by atoms with Crippen LogP contribution < -0.4 is 10.0 Å². The second kappa shape index (κ2) is 6.65. The van der Waals surface area contributed by atoms with Gasteiger partial charge in [-0.25, -0.2) is 17.5 Å². The molecular formula is C13H14ClFN4O3S. The van der Waals surface area contributed by atoms with Crippen LogP contribution in [-0.2, 0) is 14.8 Å². The maximum atomic E-state index is 13.0. The van der Waals surface area contributed by atoms with Gasteiger partial charge in [0.1, 0.15) is 10.7 Å². The van der Waals surface area contributed by atoms with Gasteiger partial charge in [0.25, 0.3) is 0 Å². The number of amides is 1. The molecule has 1 aromatic carbocycles. The molecule has 0 fully saturated rings. The highest BCUT2D eigenvalue weighted by molar-refractivity contribution is 7.89. The highest BCUT2D eigenvalue weighted by Gasteiger charge is 2.22. The first kappa shape index (κ1) is 17.4. The minimum absolute atomic E-state index is 0.00938. The smallest absolute Gasteiger partial charge is 0.244 e. The fourth-order valence-electron chi connectivity index (χ4n) is 1.95. The van der Waals surface area contributed by atoms with Crippen LogP contribution >= 0.6 is 11.6 Å². The Balaban J connectivity index is 2.02. The molecular weight excluding hydrogens is 347 g/mol. The summed E-state index contributed by atoms with van der Waals surface area (Å²) in [5.41, 5.74) is 0.942. The topological polar surface area (TPSA) is 104 Å². The number of aryl methyl sites for hydroxylation is 2. The van der Waals surface area contributed by atoms with Gasteiger partial charge in [-0.05, 0) is 32.0 Å². The van der Waals surface area contributed by atoms with Gasteiger partial charge in [-0.15, -0.1) is 0 Å².